The smallest absolute Gasteiger partial charge is 0.405 e. The molecule has 3 aliphatic heterocycles. The lowest BCUT2D eigenvalue weighted by Gasteiger charge is -2.32. The van der Waals surface area contributed by atoms with Crippen LogP contribution < -0.4 is 5.46 Å². The molecule has 8 aromatic rings. The maximum Gasteiger partial charge on any atom is 0.494 e. The summed E-state index contributed by atoms with van der Waals surface area (Å²) in [5.41, 5.74) is 3.76. The number of aromatic amines is 4. The molecule has 0 aliphatic carbocycles. The predicted octanol–water partition coefficient (Wildman–Crippen LogP) is 22.5. The van der Waals surface area contributed by atoms with Crippen molar-refractivity contribution in [3.63, 3.8) is 0 Å². The van der Waals surface area contributed by atoms with E-state index in [0.717, 1.165) is 103 Å². The summed E-state index contributed by atoms with van der Waals surface area (Å²) >= 11 is 19.8. The Bertz CT molecular complexity index is 3640. The van der Waals surface area contributed by atoms with Crippen LogP contribution in [-0.4, -0.2) is 182 Å². The topological polar surface area (TPSA) is 236 Å². The first-order valence-electron chi connectivity index (χ1n) is 35.9. The molecule has 0 amide bonds. The molecule has 0 saturated carbocycles. The van der Waals surface area contributed by atoms with Crippen LogP contribution in [0.5, 0.6) is 0 Å². The number of alkyl halides is 3. The molecule has 3 aliphatic rings. The van der Waals surface area contributed by atoms with Gasteiger partial charge in [0.05, 0.1) is 50.2 Å². The minimum Gasteiger partial charge on any atom is -0.405 e. The monoisotopic (exact) mass is 1970 g/mol. The van der Waals surface area contributed by atoms with Crippen molar-refractivity contribution in [1.29, 1.82) is 0 Å². The molecule has 600 valence electrons. The summed E-state index contributed by atoms with van der Waals surface area (Å²) < 4.78 is 55.6. The standard InChI is InChI=1S/C14H17BN2O3.C12H24B2O4.2C8H5BrN2O.C8H6BrN.2C7H18OSi.C6H15ClOSi.C2H5I.C2H6.CH3I.CH4/c1-13(2)14(3,4)20-15(19-13)9-5-6-11-10(7-9)12(8-18)17-16-11;1-9(2)10(3,4)16-13(15-9)14-17-11(5,6)12(7,8)18-14;2*9-5-1-2-7-6(3-5)8(4-12)11-10-7;9-7-1-2-8-6(5-7)3-4-10-8;2*1-5-8-6-7-9(2,3)4;1-9(2,3)5-4-8-6-7;1-2-3;2*1-2;/h5-8H,1-4H3,(H,16,17);1-8H3;2*1-4H,(H,10,11);1-5,10H;2*5-7H2,1-4H3;4-6H2,1-3H3;2H2,1H3;1-2H3;1H3;1H4. The summed E-state index contributed by atoms with van der Waals surface area (Å²) in [7, 11) is -3.90. The van der Waals surface area contributed by atoms with Gasteiger partial charge in [0, 0.05) is 104 Å². The van der Waals surface area contributed by atoms with Gasteiger partial charge < -0.3 is 47.1 Å². The fraction of sp³-hybridized carbons (Fsp3) is 0.579. The third-order valence-electron chi connectivity index (χ3n) is 17.3. The van der Waals surface area contributed by atoms with Gasteiger partial charge in [-0.2, -0.15) is 15.3 Å². The van der Waals surface area contributed by atoms with Crippen LogP contribution in [0.3, 0.4) is 0 Å². The van der Waals surface area contributed by atoms with E-state index in [1.807, 2.05) is 183 Å². The number of aldehydes is 3. The maximum absolute atomic E-state index is 11.0. The molecule has 0 atom stereocenters. The fourth-order valence-electron chi connectivity index (χ4n) is 8.95. The summed E-state index contributed by atoms with van der Waals surface area (Å²) in [5.74, 6) is 0. The molecule has 4 N–H and O–H groups in total. The third kappa shape index (κ3) is 36.3. The summed E-state index contributed by atoms with van der Waals surface area (Å²) in [6.45, 7) is 60.1. The number of benzene rings is 4. The first-order valence-corrected chi connectivity index (χ1v) is 53.6. The van der Waals surface area contributed by atoms with Crippen LogP contribution in [-0.2, 0) is 42.1 Å². The Kier molecular flexibility index (Phi) is 48.2. The Morgan fingerprint density at radius 3 is 1.09 bits per heavy atom. The Labute approximate surface area is 703 Å². The van der Waals surface area contributed by atoms with Gasteiger partial charge in [-0.3, -0.25) is 29.7 Å². The Hall–Kier alpha value is -2.48. The van der Waals surface area contributed by atoms with Crippen molar-refractivity contribution in [1.82, 2.24) is 35.6 Å². The zero-order valence-electron chi connectivity index (χ0n) is 68.1. The second-order valence-electron chi connectivity index (χ2n) is 31.0. The maximum atomic E-state index is 11.0. The SMILES string of the molecule is Brc1ccc2[nH]ccc2c1.C.CC.CC1(C)OB(B2OC(C)(C)C(C)(C)O2)OC1(C)C.CC1(C)OB(c2ccc3n[nH]c(C=O)c3c2)OC1(C)C.CCI.CCOCC[Si](C)(C)C.CCOCC[Si](C)(C)C.CI.C[Si](C)(C)CCOCCl.O=Cc1[nH]nc2ccc(Br)cc12.O=Cc1[nH]nc2ccc(Br)cc12. The highest BCUT2D eigenvalue weighted by atomic mass is 127. The van der Waals surface area contributed by atoms with E-state index < -0.39 is 45.4 Å². The van der Waals surface area contributed by atoms with Crippen molar-refractivity contribution in [3.05, 3.63) is 116 Å². The first-order chi connectivity index (χ1) is 49.3. The van der Waals surface area contributed by atoms with Gasteiger partial charge in [-0.05, 0) is 197 Å². The number of carbonyl (C=O) groups is 3. The molecule has 107 heavy (non-hydrogen) atoms. The molecule has 4 aromatic carbocycles. The van der Waals surface area contributed by atoms with Crippen molar-refractivity contribution in [2.24, 2.45) is 0 Å². The number of aromatic nitrogens is 7. The molecule has 0 bridgehead atoms. The number of fused-ring (bicyclic) bond motifs is 4. The first kappa shape index (κ1) is 105. The number of nitrogens with zero attached hydrogens (tertiary/aromatic N) is 3. The molecule has 3 saturated heterocycles. The largest absolute Gasteiger partial charge is 0.494 e. The highest BCUT2D eigenvalue weighted by Gasteiger charge is 2.64. The van der Waals surface area contributed by atoms with Gasteiger partial charge in [0.1, 0.15) is 23.1 Å². The molecule has 19 nitrogen and oxygen atoms in total. The van der Waals surface area contributed by atoms with Crippen LogP contribution in [0.15, 0.2) is 98.5 Å². The molecule has 11 rings (SSSR count). The van der Waals surface area contributed by atoms with E-state index in [1.54, 1.807) is 0 Å². The third-order valence-corrected chi connectivity index (χ3v) is 24.1. The van der Waals surface area contributed by atoms with E-state index in [2.05, 4.69) is 213 Å². The Balaban J connectivity index is 0.00000120. The van der Waals surface area contributed by atoms with E-state index in [4.69, 9.17) is 53.7 Å². The molecule has 31 heteroatoms. The van der Waals surface area contributed by atoms with Gasteiger partial charge in [-0.15, -0.1) is 0 Å². The predicted molar refractivity (Wildman–Crippen MR) is 490 cm³/mol. The van der Waals surface area contributed by atoms with Crippen LogP contribution in [0, 0.1) is 0 Å². The highest BCUT2D eigenvalue weighted by molar-refractivity contribution is 14.1. The lowest BCUT2D eigenvalue weighted by Crippen LogP contribution is -2.41. The number of carbonyl (C=O) groups excluding carboxylic acids is 3. The summed E-state index contributed by atoms with van der Waals surface area (Å²) in [6, 6.07) is 29.2. The number of nitrogens with one attached hydrogen (secondary N) is 4. The van der Waals surface area contributed by atoms with Crippen LogP contribution in [0.2, 0.25) is 77.1 Å². The van der Waals surface area contributed by atoms with Gasteiger partial charge >= 0.3 is 21.1 Å². The molecule has 4 aromatic heterocycles. The van der Waals surface area contributed by atoms with Gasteiger partial charge in [-0.1, -0.05) is 204 Å². The number of ether oxygens (including phenoxy) is 3. The van der Waals surface area contributed by atoms with Crippen LogP contribution in [0.1, 0.15) is 157 Å². The lowest BCUT2D eigenvalue weighted by atomic mass is 9.49. The molecule has 7 heterocycles. The quantitative estimate of drug-likeness (QED) is 0.0218. The summed E-state index contributed by atoms with van der Waals surface area (Å²) in [5, 5.41) is 23.7. The van der Waals surface area contributed by atoms with Crippen LogP contribution >= 0.6 is 105 Å². The summed E-state index contributed by atoms with van der Waals surface area (Å²) in [4.78, 5) is 37.1. The summed E-state index contributed by atoms with van der Waals surface area (Å²) in [6.07, 6.45) is 4.24. The molecular weight excluding hydrogens is 1850 g/mol. The van der Waals surface area contributed by atoms with Crippen molar-refractivity contribution in [2.75, 3.05) is 48.5 Å². The lowest BCUT2D eigenvalue weighted by molar-refractivity contribution is 0.00578. The second-order valence-corrected chi connectivity index (χ2v) is 52.4. The number of hydrogen-bond acceptors (Lipinski definition) is 15. The van der Waals surface area contributed by atoms with E-state index in [-0.39, 0.29) is 41.0 Å². The number of rotatable bonds is 17. The van der Waals surface area contributed by atoms with Gasteiger partial charge in [0.15, 0.2) is 18.9 Å². The van der Waals surface area contributed by atoms with Crippen molar-refractivity contribution in [3.8, 4) is 0 Å². The minimum absolute atomic E-state index is 0. The molecule has 0 radical (unpaired) electrons. The molecule has 0 unspecified atom stereocenters. The average Bonchev–Trinajstić information content (AvgIpc) is 1.61. The highest BCUT2D eigenvalue weighted by Crippen LogP contribution is 2.43. The van der Waals surface area contributed by atoms with Gasteiger partial charge in [0.2, 0.25) is 0 Å². The number of halogens is 6. The zero-order chi connectivity index (χ0) is 81.3. The second kappa shape index (κ2) is 49.3. The Morgan fingerprint density at radius 1 is 0.477 bits per heavy atom. The van der Waals surface area contributed by atoms with Crippen molar-refractivity contribution < 1.29 is 56.5 Å². The van der Waals surface area contributed by atoms with E-state index in [1.165, 1.54) is 33.5 Å². The molecule has 3 fully saturated rings. The van der Waals surface area contributed by atoms with E-state index in [9.17, 15) is 14.4 Å². The number of hydrogen-bond donors (Lipinski definition) is 4. The van der Waals surface area contributed by atoms with E-state index >= 15 is 0 Å². The van der Waals surface area contributed by atoms with Gasteiger partial charge in [-0.25, -0.2) is 0 Å². The number of H-pyrrole nitrogens is 4. The minimum atomic E-state index is -0.878. The molecule has 0 spiro atoms. The van der Waals surface area contributed by atoms with E-state index in [0.29, 0.717) is 23.1 Å². The van der Waals surface area contributed by atoms with Crippen LogP contribution in [0.4, 0.5) is 0 Å². The fourth-order valence-corrected chi connectivity index (χ4v) is 12.4. The zero-order valence-corrected chi connectivity index (χ0v) is 81.0. The van der Waals surface area contributed by atoms with Crippen LogP contribution in [0.25, 0.3) is 43.6 Å². The van der Waals surface area contributed by atoms with Crippen molar-refractivity contribution >= 4 is 218 Å². The normalized spacial score (nSPS) is 15.8. The van der Waals surface area contributed by atoms with Crippen molar-refractivity contribution in [2.45, 2.75) is 236 Å². The Morgan fingerprint density at radius 2 is 0.776 bits per heavy atom. The molecular formula is C76H126B3Br3ClI2N7O12Si3. The average molecular weight is 1980 g/mol. The van der Waals surface area contributed by atoms with Gasteiger partial charge in [0.25, 0.3) is 0 Å².